The third kappa shape index (κ3) is 50.5. The van der Waals surface area contributed by atoms with Crippen molar-refractivity contribution in [3.05, 3.63) is 0 Å². The number of ketones is 3. The van der Waals surface area contributed by atoms with Gasteiger partial charge in [0.1, 0.15) is 11.8 Å². The van der Waals surface area contributed by atoms with E-state index < -0.39 is 35.8 Å². The molecule has 5 N–H and O–H groups in total. The quantitative estimate of drug-likeness (QED) is 0.0519. The summed E-state index contributed by atoms with van der Waals surface area (Å²) in [6, 6.07) is -1.95. The van der Waals surface area contributed by atoms with E-state index in [2.05, 4.69) is 21.3 Å². The molecular formula is C50H90N4O21. The van der Waals surface area contributed by atoms with Gasteiger partial charge in [-0.2, -0.15) is 0 Å². The van der Waals surface area contributed by atoms with Crippen LogP contribution in [0.15, 0.2) is 0 Å². The molecule has 0 aliphatic heterocycles. The normalized spacial score (nSPS) is 12.1. The van der Waals surface area contributed by atoms with Crippen molar-refractivity contribution in [2.45, 2.75) is 110 Å². The van der Waals surface area contributed by atoms with Crippen molar-refractivity contribution in [3.8, 4) is 0 Å². The number of carbonyl (C=O) groups excluding carboxylic acids is 7. The zero-order valence-electron chi connectivity index (χ0n) is 45.1. The van der Waals surface area contributed by atoms with Crippen LogP contribution in [0.3, 0.4) is 0 Å². The molecule has 0 aromatic carbocycles. The highest BCUT2D eigenvalue weighted by molar-refractivity contribution is 5.91. The van der Waals surface area contributed by atoms with Crippen LogP contribution in [-0.2, 0) is 95.2 Å². The van der Waals surface area contributed by atoms with Crippen LogP contribution in [0.1, 0.15) is 91.9 Å². The first-order valence-corrected chi connectivity index (χ1v) is 26.1. The molecule has 0 radical (unpaired) electrons. The molecule has 0 saturated heterocycles. The van der Waals surface area contributed by atoms with Crippen LogP contribution in [0.4, 0.5) is 0 Å². The average Bonchev–Trinajstić information content (AvgIpc) is 3.37. The van der Waals surface area contributed by atoms with Crippen LogP contribution in [0, 0.1) is 0 Å². The van der Waals surface area contributed by atoms with Gasteiger partial charge >= 0.3 is 5.97 Å². The highest BCUT2D eigenvalue weighted by Crippen LogP contribution is 2.07. The molecule has 2 atom stereocenters. The van der Waals surface area contributed by atoms with Crippen molar-refractivity contribution < 1.29 is 100 Å². The molecule has 75 heavy (non-hydrogen) atoms. The Morgan fingerprint density at radius 1 is 0.387 bits per heavy atom. The largest absolute Gasteiger partial charge is 0.480 e. The highest BCUT2D eigenvalue weighted by Gasteiger charge is 2.22. The second kappa shape index (κ2) is 52.0. The molecule has 2 unspecified atom stereocenters. The standard InChI is InChI=1S/C50H90N4O21/c1-5-47(59)54-45(50(62)63)12-8-42(56)10-13-48(60)51-39-43(57)9-11-44(53-41(4)55)46(58)7-6-15-64-17-19-66-21-23-68-25-27-70-29-31-72-33-35-74-37-38-75-36-34-73-32-30-71-28-26-69-24-22-67-20-18-65-16-14-49(61)52-40(2)3/h40,44-45H,5-39H2,1-4H3,(H,51,60)(H,52,61)(H,53,55)(H,54,59)(H,62,63). The zero-order valence-corrected chi connectivity index (χ0v) is 45.1. The smallest absolute Gasteiger partial charge is 0.326 e. The van der Waals surface area contributed by atoms with E-state index in [-0.39, 0.29) is 87.2 Å². The first-order valence-electron chi connectivity index (χ1n) is 26.1. The van der Waals surface area contributed by atoms with Gasteiger partial charge in [0.2, 0.25) is 23.6 Å². The summed E-state index contributed by atoms with van der Waals surface area (Å²) >= 11 is 0. The van der Waals surface area contributed by atoms with E-state index in [0.29, 0.717) is 171 Å². The van der Waals surface area contributed by atoms with E-state index in [0.717, 1.165) is 0 Å². The predicted octanol–water partition coefficient (Wildman–Crippen LogP) is 0.529. The number of rotatable bonds is 57. The lowest BCUT2D eigenvalue weighted by atomic mass is 10.0. The molecule has 0 aliphatic carbocycles. The highest BCUT2D eigenvalue weighted by atomic mass is 16.6. The third-order valence-electron chi connectivity index (χ3n) is 9.98. The van der Waals surface area contributed by atoms with Crippen molar-refractivity contribution in [2.75, 3.05) is 165 Å². The van der Waals surface area contributed by atoms with Gasteiger partial charge in [-0.15, -0.1) is 0 Å². The van der Waals surface area contributed by atoms with Crippen molar-refractivity contribution >= 4 is 46.9 Å². The van der Waals surface area contributed by atoms with E-state index in [1.165, 1.54) is 6.92 Å². The van der Waals surface area contributed by atoms with Gasteiger partial charge in [-0.05, 0) is 33.1 Å². The second-order valence-corrected chi connectivity index (χ2v) is 16.9. The van der Waals surface area contributed by atoms with Crippen LogP contribution >= 0.6 is 0 Å². The monoisotopic (exact) mass is 1080 g/mol. The summed E-state index contributed by atoms with van der Waals surface area (Å²) in [6.07, 6.45) is 0.321. The molecule has 0 aliphatic rings. The lowest BCUT2D eigenvalue weighted by Crippen LogP contribution is -2.40. The maximum absolute atomic E-state index is 12.8. The van der Waals surface area contributed by atoms with Crippen LogP contribution < -0.4 is 21.3 Å². The predicted molar refractivity (Wildman–Crippen MR) is 270 cm³/mol. The molecule has 0 fully saturated rings. The Morgan fingerprint density at radius 2 is 0.760 bits per heavy atom. The number of carbonyl (C=O) groups is 8. The fourth-order valence-corrected chi connectivity index (χ4v) is 6.08. The fourth-order valence-electron chi connectivity index (χ4n) is 6.08. The Labute approximate surface area is 442 Å². The van der Waals surface area contributed by atoms with E-state index in [9.17, 15) is 43.5 Å². The zero-order chi connectivity index (χ0) is 55.4. The van der Waals surface area contributed by atoms with Gasteiger partial charge in [-0.25, -0.2) is 4.79 Å². The number of carboxylic acid groups (broad SMARTS) is 1. The lowest BCUT2D eigenvalue weighted by molar-refractivity contribution is -0.142. The molecule has 0 spiro atoms. The summed E-state index contributed by atoms with van der Waals surface area (Å²) in [5, 5.41) is 19.4. The first-order chi connectivity index (χ1) is 36.2. The van der Waals surface area contributed by atoms with Gasteiger partial charge in [0.25, 0.3) is 0 Å². The van der Waals surface area contributed by atoms with Crippen molar-refractivity contribution in [1.29, 1.82) is 0 Å². The van der Waals surface area contributed by atoms with Gasteiger partial charge in [0.15, 0.2) is 11.6 Å². The first kappa shape index (κ1) is 70.9. The molecule has 0 rings (SSSR count). The summed E-state index contributed by atoms with van der Waals surface area (Å²) in [7, 11) is 0. The van der Waals surface area contributed by atoms with Crippen LogP contribution in [0.2, 0.25) is 0 Å². The fraction of sp³-hybridized carbons (Fsp3) is 0.840. The maximum Gasteiger partial charge on any atom is 0.326 e. The van der Waals surface area contributed by atoms with Crippen LogP contribution in [-0.4, -0.2) is 235 Å². The van der Waals surface area contributed by atoms with E-state index in [1.807, 2.05) is 13.8 Å². The van der Waals surface area contributed by atoms with Crippen LogP contribution in [0.5, 0.6) is 0 Å². The number of ether oxygens (including phenoxy) is 12. The molecular weight excluding hydrogens is 993 g/mol. The molecule has 4 amide bonds. The SMILES string of the molecule is CCC(=O)NC(CCC(=O)CCC(=O)NCC(=O)CCC(NC(C)=O)C(=O)CCCOCCOCCOCCOCCOCCOCCOCCOCCOCCOCCOCCOCCC(=O)NC(C)C)C(=O)O. The second-order valence-electron chi connectivity index (χ2n) is 16.9. The maximum atomic E-state index is 12.8. The Bertz CT molecular complexity index is 1510. The van der Waals surface area contributed by atoms with Crippen molar-refractivity contribution in [3.63, 3.8) is 0 Å². The Kier molecular flexibility index (Phi) is 49.1. The van der Waals surface area contributed by atoms with Gasteiger partial charge in [0, 0.05) is 64.5 Å². The molecule has 0 saturated carbocycles. The molecule has 25 nitrogen and oxygen atoms in total. The number of nitrogens with one attached hydrogen (secondary N) is 4. The van der Waals surface area contributed by atoms with Gasteiger partial charge in [0.05, 0.1) is 165 Å². The Balaban J connectivity index is 3.58. The van der Waals surface area contributed by atoms with Crippen LogP contribution in [0.25, 0.3) is 0 Å². The third-order valence-corrected chi connectivity index (χ3v) is 9.98. The number of amides is 4. The number of carboxylic acids is 1. The average molecular weight is 1080 g/mol. The molecule has 25 heteroatoms. The van der Waals surface area contributed by atoms with E-state index in [1.54, 1.807) is 6.92 Å². The summed E-state index contributed by atoms with van der Waals surface area (Å²) < 4.78 is 65.7. The number of hydrogen-bond acceptors (Lipinski definition) is 20. The molecule has 0 bridgehead atoms. The minimum atomic E-state index is -1.26. The molecule has 0 heterocycles. The molecule has 0 aromatic heterocycles. The number of hydrogen-bond donors (Lipinski definition) is 5. The van der Waals surface area contributed by atoms with E-state index in [4.69, 9.17) is 56.8 Å². The number of aliphatic carboxylic acids is 1. The van der Waals surface area contributed by atoms with Gasteiger partial charge in [-0.1, -0.05) is 6.92 Å². The molecule has 436 valence electrons. The van der Waals surface area contributed by atoms with Crippen molar-refractivity contribution in [1.82, 2.24) is 21.3 Å². The number of Topliss-reactive ketones (excluding diaryl/α,β-unsaturated/α-hetero) is 3. The minimum absolute atomic E-state index is 0.0200. The lowest BCUT2D eigenvalue weighted by Gasteiger charge is -2.16. The van der Waals surface area contributed by atoms with Crippen molar-refractivity contribution in [2.24, 2.45) is 0 Å². The van der Waals surface area contributed by atoms with Gasteiger partial charge in [-0.3, -0.25) is 33.6 Å². The van der Waals surface area contributed by atoms with E-state index >= 15 is 0 Å². The summed E-state index contributed by atoms with van der Waals surface area (Å²) in [4.78, 5) is 95.6. The van der Waals surface area contributed by atoms with Gasteiger partial charge < -0.3 is 83.2 Å². The summed E-state index contributed by atoms with van der Waals surface area (Å²) in [5.41, 5.74) is 0. The summed E-state index contributed by atoms with van der Waals surface area (Å²) in [5.74, 6) is -3.68. The topological polar surface area (TPSA) is 316 Å². The Morgan fingerprint density at radius 3 is 1.13 bits per heavy atom. The summed E-state index contributed by atoms with van der Waals surface area (Å²) in [6.45, 7) is 16.5. The Hall–Kier alpha value is -4.12. The molecule has 0 aromatic rings. The minimum Gasteiger partial charge on any atom is -0.480 e.